The molecule has 0 saturated heterocycles. The van der Waals surface area contributed by atoms with E-state index in [1.165, 1.54) is 31.2 Å². The van der Waals surface area contributed by atoms with Crippen molar-refractivity contribution in [1.82, 2.24) is 5.32 Å². The zero-order valence-corrected chi connectivity index (χ0v) is 11.6. The minimum absolute atomic E-state index is 0.327. The van der Waals surface area contributed by atoms with Crippen LogP contribution in [0.2, 0.25) is 0 Å². The van der Waals surface area contributed by atoms with Gasteiger partial charge in [-0.2, -0.15) is 0 Å². The molecule has 1 rings (SSSR count). The fourth-order valence-electron chi connectivity index (χ4n) is 2.51. The van der Waals surface area contributed by atoms with Crippen LogP contribution >= 0.6 is 0 Å². The van der Waals surface area contributed by atoms with Crippen LogP contribution < -0.4 is 5.32 Å². The Kier molecular flexibility index (Phi) is 6.28. The second-order valence-electron chi connectivity index (χ2n) is 4.88. The molecule has 1 nitrogen and oxygen atoms in total. The number of unbranched alkanes of at least 4 members (excludes halogenated alkanes) is 1. The third-order valence-electron chi connectivity index (χ3n) is 3.79. The Morgan fingerprint density at radius 1 is 1.06 bits per heavy atom. The molecule has 1 aromatic rings. The van der Waals surface area contributed by atoms with Crippen molar-refractivity contribution in [3.8, 4) is 0 Å². The van der Waals surface area contributed by atoms with Gasteiger partial charge in [0.1, 0.15) is 0 Å². The summed E-state index contributed by atoms with van der Waals surface area (Å²) in [6.07, 6.45) is 5.09. The predicted octanol–water partition coefficient (Wildman–Crippen LogP) is 4.13. The maximum atomic E-state index is 3.55. The van der Waals surface area contributed by atoms with E-state index in [1.54, 1.807) is 0 Å². The Morgan fingerprint density at radius 3 is 2.29 bits per heavy atom. The van der Waals surface area contributed by atoms with Crippen molar-refractivity contribution in [1.29, 1.82) is 0 Å². The first kappa shape index (κ1) is 14.2. The predicted molar refractivity (Wildman–Crippen MR) is 76.5 cm³/mol. The van der Waals surface area contributed by atoms with Gasteiger partial charge in [-0.25, -0.2) is 0 Å². The van der Waals surface area contributed by atoms with Crippen molar-refractivity contribution < 1.29 is 0 Å². The highest BCUT2D eigenvalue weighted by Crippen LogP contribution is 2.32. The van der Waals surface area contributed by atoms with Crippen molar-refractivity contribution in [3.63, 3.8) is 0 Å². The van der Waals surface area contributed by atoms with Crippen LogP contribution in [-0.2, 0) is 5.41 Å². The van der Waals surface area contributed by atoms with Crippen molar-refractivity contribution in [2.75, 3.05) is 13.1 Å². The number of rotatable bonds is 8. The lowest BCUT2D eigenvalue weighted by atomic mass is 9.74. The molecule has 0 bridgehead atoms. The molecule has 1 unspecified atom stereocenters. The first-order valence-electron chi connectivity index (χ1n) is 7.05. The highest BCUT2D eigenvalue weighted by atomic mass is 14.9. The van der Waals surface area contributed by atoms with E-state index in [9.17, 15) is 0 Å². The summed E-state index contributed by atoms with van der Waals surface area (Å²) in [5, 5.41) is 3.55. The Labute approximate surface area is 107 Å². The number of likely N-dealkylation sites (N-methyl/N-ethyl adjacent to an activating group) is 1. The minimum Gasteiger partial charge on any atom is -0.316 e. The Balaban J connectivity index is 2.89. The molecule has 0 saturated carbocycles. The van der Waals surface area contributed by atoms with Gasteiger partial charge in [-0.3, -0.25) is 0 Å². The van der Waals surface area contributed by atoms with Gasteiger partial charge >= 0.3 is 0 Å². The molecule has 1 heteroatoms. The first-order valence-corrected chi connectivity index (χ1v) is 7.05. The van der Waals surface area contributed by atoms with Gasteiger partial charge in [-0.1, -0.05) is 63.9 Å². The molecular weight excluding hydrogens is 206 g/mol. The summed E-state index contributed by atoms with van der Waals surface area (Å²) in [7, 11) is 0. The number of nitrogens with one attached hydrogen (secondary N) is 1. The monoisotopic (exact) mass is 233 g/mol. The maximum absolute atomic E-state index is 3.55. The zero-order valence-electron chi connectivity index (χ0n) is 11.6. The molecule has 0 amide bonds. The maximum Gasteiger partial charge on any atom is 0.00751 e. The molecule has 0 radical (unpaired) electrons. The van der Waals surface area contributed by atoms with E-state index in [0.29, 0.717) is 5.41 Å². The van der Waals surface area contributed by atoms with Crippen molar-refractivity contribution in [3.05, 3.63) is 35.9 Å². The normalized spacial score (nSPS) is 14.5. The summed E-state index contributed by atoms with van der Waals surface area (Å²) >= 11 is 0. The molecule has 0 spiro atoms. The van der Waals surface area contributed by atoms with Gasteiger partial charge in [-0.05, 0) is 24.9 Å². The van der Waals surface area contributed by atoms with Crippen LogP contribution in [0.25, 0.3) is 0 Å². The van der Waals surface area contributed by atoms with E-state index < -0.39 is 0 Å². The second kappa shape index (κ2) is 7.50. The summed E-state index contributed by atoms with van der Waals surface area (Å²) in [6.45, 7) is 8.94. The van der Waals surface area contributed by atoms with Crippen LogP contribution in [0.15, 0.2) is 30.3 Å². The van der Waals surface area contributed by atoms with Crippen molar-refractivity contribution in [2.45, 2.75) is 51.9 Å². The molecule has 0 fully saturated rings. The lowest BCUT2D eigenvalue weighted by Gasteiger charge is -2.34. The summed E-state index contributed by atoms with van der Waals surface area (Å²) in [5.41, 5.74) is 1.82. The van der Waals surface area contributed by atoms with Crippen LogP contribution in [0.3, 0.4) is 0 Å². The summed E-state index contributed by atoms with van der Waals surface area (Å²) in [4.78, 5) is 0. The average molecular weight is 233 g/mol. The lowest BCUT2D eigenvalue weighted by molar-refractivity contribution is 0.347. The summed E-state index contributed by atoms with van der Waals surface area (Å²) in [6, 6.07) is 11.0. The third-order valence-corrected chi connectivity index (χ3v) is 3.79. The molecule has 0 aliphatic heterocycles. The van der Waals surface area contributed by atoms with Gasteiger partial charge in [0, 0.05) is 12.0 Å². The first-order chi connectivity index (χ1) is 8.29. The van der Waals surface area contributed by atoms with Crippen molar-refractivity contribution in [2.24, 2.45) is 0 Å². The van der Waals surface area contributed by atoms with Crippen LogP contribution in [0, 0.1) is 0 Å². The fraction of sp³-hybridized carbons (Fsp3) is 0.625. The van der Waals surface area contributed by atoms with E-state index in [0.717, 1.165) is 13.1 Å². The highest BCUT2D eigenvalue weighted by Gasteiger charge is 2.28. The van der Waals surface area contributed by atoms with E-state index in [1.807, 2.05) is 0 Å². The Morgan fingerprint density at radius 2 is 1.76 bits per heavy atom. The number of benzene rings is 1. The van der Waals surface area contributed by atoms with Crippen LogP contribution in [0.1, 0.15) is 52.0 Å². The van der Waals surface area contributed by atoms with Crippen LogP contribution in [-0.4, -0.2) is 13.1 Å². The van der Waals surface area contributed by atoms with Gasteiger partial charge in [-0.15, -0.1) is 0 Å². The molecule has 1 aromatic carbocycles. The zero-order chi connectivity index (χ0) is 12.6. The Hall–Kier alpha value is -0.820. The third kappa shape index (κ3) is 3.85. The van der Waals surface area contributed by atoms with Gasteiger partial charge < -0.3 is 5.32 Å². The fourth-order valence-corrected chi connectivity index (χ4v) is 2.51. The smallest absolute Gasteiger partial charge is 0.00751 e. The molecular formula is C16H27N. The molecule has 1 N–H and O–H groups in total. The number of hydrogen-bond donors (Lipinski definition) is 1. The molecule has 1 atom stereocenters. The van der Waals surface area contributed by atoms with E-state index in [-0.39, 0.29) is 0 Å². The second-order valence-corrected chi connectivity index (χ2v) is 4.88. The molecule has 17 heavy (non-hydrogen) atoms. The summed E-state index contributed by atoms with van der Waals surface area (Å²) in [5.74, 6) is 0. The van der Waals surface area contributed by atoms with Crippen LogP contribution in [0.4, 0.5) is 0 Å². The standard InChI is InChI=1S/C16H27N/c1-4-7-13-16(5-2,14-17-6-3)15-11-9-8-10-12-15/h8-12,17H,4-7,13-14H2,1-3H3. The average Bonchev–Trinajstić information content (AvgIpc) is 2.41. The molecule has 0 heterocycles. The minimum atomic E-state index is 0.327. The van der Waals surface area contributed by atoms with E-state index >= 15 is 0 Å². The largest absolute Gasteiger partial charge is 0.316 e. The lowest BCUT2D eigenvalue weighted by Crippen LogP contribution is -2.37. The molecule has 0 aliphatic carbocycles. The van der Waals surface area contributed by atoms with E-state index in [4.69, 9.17) is 0 Å². The van der Waals surface area contributed by atoms with E-state index in [2.05, 4.69) is 56.4 Å². The quantitative estimate of drug-likeness (QED) is 0.712. The van der Waals surface area contributed by atoms with Gasteiger partial charge in [0.25, 0.3) is 0 Å². The topological polar surface area (TPSA) is 12.0 Å². The van der Waals surface area contributed by atoms with Crippen molar-refractivity contribution >= 4 is 0 Å². The van der Waals surface area contributed by atoms with Gasteiger partial charge in [0.2, 0.25) is 0 Å². The highest BCUT2D eigenvalue weighted by molar-refractivity contribution is 5.25. The molecule has 0 aromatic heterocycles. The molecule has 0 aliphatic rings. The summed E-state index contributed by atoms with van der Waals surface area (Å²) < 4.78 is 0. The Bertz CT molecular complexity index is 284. The van der Waals surface area contributed by atoms with Gasteiger partial charge in [0.15, 0.2) is 0 Å². The SMILES string of the molecule is CCCCC(CC)(CNCC)c1ccccc1. The number of hydrogen-bond acceptors (Lipinski definition) is 1. The van der Waals surface area contributed by atoms with Crippen LogP contribution in [0.5, 0.6) is 0 Å². The molecule has 96 valence electrons. The van der Waals surface area contributed by atoms with Gasteiger partial charge in [0.05, 0.1) is 0 Å².